The molecule has 5 nitrogen and oxygen atoms in total. The molecule has 4 heterocycles. The summed E-state index contributed by atoms with van der Waals surface area (Å²) in [5, 5.41) is 4.83. The van der Waals surface area contributed by atoms with Gasteiger partial charge in [-0.3, -0.25) is 4.57 Å². The maximum atomic E-state index is 5.31. The quantitative estimate of drug-likeness (QED) is 0.186. The Bertz CT molecular complexity index is 2870. The number of rotatable bonds is 5. The van der Waals surface area contributed by atoms with Crippen molar-refractivity contribution in [1.82, 2.24) is 24.1 Å². The average Bonchev–Trinajstić information content (AvgIpc) is 3.56. The highest BCUT2D eigenvalue weighted by molar-refractivity contribution is 6.26. The smallest absolute Gasteiger partial charge is 0.179 e. The van der Waals surface area contributed by atoms with E-state index >= 15 is 0 Å². The maximum absolute atomic E-state index is 5.31. The Morgan fingerprint density at radius 2 is 1.20 bits per heavy atom. The summed E-state index contributed by atoms with van der Waals surface area (Å²) in [4.78, 5) is 15.5. The summed E-state index contributed by atoms with van der Waals surface area (Å²) in [7, 11) is 0. The molecule has 1 aliphatic carbocycles. The minimum atomic E-state index is 0.596. The molecule has 240 valence electrons. The van der Waals surface area contributed by atoms with Gasteiger partial charge in [0, 0.05) is 32.8 Å². The molecule has 0 saturated heterocycles. The Balaban J connectivity index is 1.22. The molecule has 0 aliphatic heterocycles. The minimum absolute atomic E-state index is 0.596. The molecule has 0 unspecified atom stereocenters. The summed E-state index contributed by atoms with van der Waals surface area (Å²) in [6.07, 6.45) is 11.3. The van der Waals surface area contributed by atoms with Gasteiger partial charge in [0.05, 0.1) is 33.5 Å². The molecule has 0 bridgehead atoms. The van der Waals surface area contributed by atoms with Crippen LogP contribution in [0.2, 0.25) is 0 Å². The van der Waals surface area contributed by atoms with Crippen LogP contribution in [0, 0.1) is 0 Å². The fraction of sp³-hybridized carbons (Fsp3) is 0.0217. The van der Waals surface area contributed by atoms with E-state index in [1.54, 1.807) is 0 Å². The van der Waals surface area contributed by atoms with Gasteiger partial charge in [-0.25, -0.2) is 15.0 Å². The Hall–Kier alpha value is -6.85. The molecule has 10 rings (SSSR count). The fourth-order valence-corrected chi connectivity index (χ4v) is 7.52. The van der Waals surface area contributed by atoms with Gasteiger partial charge in [0.15, 0.2) is 5.82 Å². The van der Waals surface area contributed by atoms with Gasteiger partial charge in [0.1, 0.15) is 11.5 Å². The van der Waals surface area contributed by atoms with E-state index in [9.17, 15) is 0 Å². The number of allylic oxidation sites excluding steroid dienone is 6. The first-order valence-electron chi connectivity index (χ1n) is 17.3. The Morgan fingerprint density at radius 1 is 0.471 bits per heavy atom. The van der Waals surface area contributed by atoms with E-state index in [4.69, 9.17) is 15.0 Å². The third-order valence-corrected chi connectivity index (χ3v) is 9.80. The van der Waals surface area contributed by atoms with Crippen LogP contribution in [-0.2, 0) is 0 Å². The first kappa shape index (κ1) is 29.1. The molecule has 1 aliphatic rings. The van der Waals surface area contributed by atoms with Gasteiger partial charge in [-0.2, -0.15) is 0 Å². The third-order valence-electron chi connectivity index (χ3n) is 9.80. The van der Waals surface area contributed by atoms with E-state index in [0.29, 0.717) is 5.82 Å². The van der Waals surface area contributed by atoms with Crippen molar-refractivity contribution in [3.8, 4) is 34.3 Å². The number of hydrogen-bond acceptors (Lipinski definition) is 3. The molecule has 9 aromatic rings. The van der Waals surface area contributed by atoms with E-state index in [1.165, 1.54) is 32.6 Å². The zero-order chi connectivity index (χ0) is 33.7. The summed E-state index contributed by atoms with van der Waals surface area (Å²) in [5.41, 5.74) is 10.4. The van der Waals surface area contributed by atoms with Gasteiger partial charge >= 0.3 is 0 Å². The summed E-state index contributed by atoms with van der Waals surface area (Å²) >= 11 is 0. The molecule has 0 fully saturated rings. The highest BCUT2D eigenvalue weighted by atomic mass is 15.1. The van der Waals surface area contributed by atoms with Gasteiger partial charge in [-0.1, -0.05) is 127 Å². The number of para-hydroxylation sites is 3. The molecule has 0 radical (unpaired) electrons. The number of pyridine rings is 1. The second-order valence-electron chi connectivity index (χ2n) is 12.8. The van der Waals surface area contributed by atoms with Gasteiger partial charge in [-0.15, -0.1) is 0 Å². The molecule has 5 aromatic carbocycles. The van der Waals surface area contributed by atoms with Crippen LogP contribution >= 0.6 is 0 Å². The van der Waals surface area contributed by atoms with Crippen molar-refractivity contribution in [2.24, 2.45) is 0 Å². The molecular formula is C46H31N5. The van der Waals surface area contributed by atoms with Crippen LogP contribution in [0.1, 0.15) is 12.1 Å². The SMILES string of the molecule is C1=CC=C(c2cc(-c3ccccc3)nc(-c3cccc(-n4c5ccccc5c5c4ccc4c6ccccc6n(-c6ccccc6)c45)n3)n2)CC=C1. The molecule has 4 aromatic heterocycles. The predicted octanol–water partition coefficient (Wildman–Crippen LogP) is 11.3. The molecule has 0 saturated carbocycles. The van der Waals surface area contributed by atoms with Crippen molar-refractivity contribution >= 4 is 49.2 Å². The van der Waals surface area contributed by atoms with E-state index in [2.05, 4.69) is 161 Å². The molecule has 0 atom stereocenters. The molecular weight excluding hydrogens is 623 g/mol. The summed E-state index contributed by atoms with van der Waals surface area (Å²) in [5.74, 6) is 1.41. The standard InChI is InChI=1S/C46H31N5/c1-2-6-17-31(16-5-1)38-30-39(32-18-7-3-8-19-32)49-46(48-38)37-24-15-27-43(47-37)51-41-26-14-12-23-36(41)44-42(51)29-28-35-34-22-11-13-25-40(34)50(45(35)44)33-20-9-4-10-21-33/h1-16,18-30H,17H2. The topological polar surface area (TPSA) is 48.5 Å². The zero-order valence-corrected chi connectivity index (χ0v) is 27.7. The number of benzene rings is 5. The first-order chi connectivity index (χ1) is 25.3. The minimum Gasteiger partial charge on any atom is -0.309 e. The van der Waals surface area contributed by atoms with Crippen molar-refractivity contribution in [2.75, 3.05) is 0 Å². The van der Waals surface area contributed by atoms with Gasteiger partial charge < -0.3 is 4.57 Å². The second-order valence-corrected chi connectivity index (χ2v) is 12.8. The van der Waals surface area contributed by atoms with Crippen LogP contribution in [-0.4, -0.2) is 24.1 Å². The monoisotopic (exact) mass is 653 g/mol. The van der Waals surface area contributed by atoms with Crippen LogP contribution in [0.15, 0.2) is 176 Å². The third kappa shape index (κ3) is 4.82. The number of aromatic nitrogens is 5. The van der Waals surface area contributed by atoms with E-state index in [-0.39, 0.29) is 0 Å². The lowest BCUT2D eigenvalue weighted by Gasteiger charge is -2.12. The molecule has 51 heavy (non-hydrogen) atoms. The molecule has 5 heteroatoms. The van der Waals surface area contributed by atoms with Gasteiger partial charge in [-0.05, 0) is 60.5 Å². The predicted molar refractivity (Wildman–Crippen MR) is 210 cm³/mol. The second kappa shape index (κ2) is 11.9. The van der Waals surface area contributed by atoms with Crippen molar-refractivity contribution in [3.63, 3.8) is 0 Å². The number of fused-ring (bicyclic) bond motifs is 7. The van der Waals surface area contributed by atoms with Crippen LogP contribution in [0.4, 0.5) is 0 Å². The van der Waals surface area contributed by atoms with Gasteiger partial charge in [0.2, 0.25) is 0 Å². The van der Waals surface area contributed by atoms with E-state index in [1.807, 2.05) is 24.3 Å². The Kier molecular flexibility index (Phi) is 6.81. The number of hydrogen-bond donors (Lipinski definition) is 0. The van der Waals surface area contributed by atoms with Crippen molar-refractivity contribution < 1.29 is 0 Å². The Labute approximate surface area is 294 Å². The lowest BCUT2D eigenvalue weighted by Crippen LogP contribution is -2.02. The molecule has 0 amide bonds. The van der Waals surface area contributed by atoms with Crippen LogP contribution < -0.4 is 0 Å². The van der Waals surface area contributed by atoms with Crippen molar-refractivity contribution in [2.45, 2.75) is 6.42 Å². The molecule has 0 N–H and O–H groups in total. The van der Waals surface area contributed by atoms with E-state index in [0.717, 1.165) is 57.2 Å². The van der Waals surface area contributed by atoms with Crippen LogP contribution in [0.25, 0.3) is 83.5 Å². The normalized spacial score (nSPS) is 13.0. The Morgan fingerprint density at radius 3 is 2.04 bits per heavy atom. The van der Waals surface area contributed by atoms with Crippen molar-refractivity contribution in [1.29, 1.82) is 0 Å². The zero-order valence-electron chi connectivity index (χ0n) is 27.7. The largest absolute Gasteiger partial charge is 0.309 e. The summed E-state index contributed by atoms with van der Waals surface area (Å²) < 4.78 is 4.69. The highest BCUT2D eigenvalue weighted by Crippen LogP contribution is 2.42. The maximum Gasteiger partial charge on any atom is 0.179 e. The fourth-order valence-electron chi connectivity index (χ4n) is 7.52. The lowest BCUT2D eigenvalue weighted by atomic mass is 10.0. The molecule has 0 spiro atoms. The van der Waals surface area contributed by atoms with Crippen LogP contribution in [0.3, 0.4) is 0 Å². The lowest BCUT2D eigenvalue weighted by molar-refractivity contribution is 1.06. The summed E-state index contributed by atoms with van der Waals surface area (Å²) in [6, 6.07) is 51.0. The van der Waals surface area contributed by atoms with E-state index < -0.39 is 0 Å². The first-order valence-corrected chi connectivity index (χ1v) is 17.3. The average molecular weight is 654 g/mol. The van der Waals surface area contributed by atoms with Crippen molar-refractivity contribution in [3.05, 3.63) is 182 Å². The van der Waals surface area contributed by atoms with Crippen LogP contribution in [0.5, 0.6) is 0 Å². The van der Waals surface area contributed by atoms with Gasteiger partial charge in [0.25, 0.3) is 0 Å². The summed E-state index contributed by atoms with van der Waals surface area (Å²) in [6.45, 7) is 0. The highest BCUT2D eigenvalue weighted by Gasteiger charge is 2.21. The number of nitrogens with zero attached hydrogens (tertiary/aromatic N) is 5.